The fourth-order valence-electron chi connectivity index (χ4n) is 0.748. The van der Waals surface area contributed by atoms with Crippen LogP contribution in [-0.4, -0.2) is 11.2 Å². The van der Waals surface area contributed by atoms with Gasteiger partial charge in [-0.3, -0.25) is 0 Å². The summed E-state index contributed by atoms with van der Waals surface area (Å²) in [6.07, 6.45) is 0.160. The molecule has 0 aliphatic heterocycles. The molecule has 1 radical (unpaired) electrons. The minimum Gasteiger partial charge on any atom is -0.507 e. The third-order valence-corrected chi connectivity index (χ3v) is 1.14. The first-order chi connectivity index (χ1) is 5.18. The van der Waals surface area contributed by atoms with Crippen LogP contribution >= 0.6 is 0 Å². The molecule has 59 valence electrons. The van der Waals surface area contributed by atoms with Crippen LogP contribution in [0.4, 0.5) is 0 Å². The number of ether oxygens (including phenoxy) is 1. The maximum absolute atomic E-state index is 8.88. The first-order valence-electron chi connectivity index (χ1n) is 3.56. The van der Waals surface area contributed by atoms with E-state index in [0.29, 0.717) is 0 Å². The van der Waals surface area contributed by atoms with E-state index in [-0.39, 0.29) is 11.9 Å². The van der Waals surface area contributed by atoms with Gasteiger partial charge in [0.2, 0.25) is 0 Å². The van der Waals surface area contributed by atoms with Gasteiger partial charge in [0.05, 0.1) is 6.10 Å². The minimum atomic E-state index is 0.140. The lowest BCUT2D eigenvalue weighted by molar-refractivity contribution is 0.242. The Morgan fingerprint density at radius 1 is 1.45 bits per heavy atom. The number of benzene rings is 1. The molecule has 0 atom stereocenters. The zero-order valence-corrected chi connectivity index (χ0v) is 6.66. The zero-order valence-electron chi connectivity index (χ0n) is 6.66. The molecule has 0 saturated carbocycles. The van der Waals surface area contributed by atoms with Crippen LogP contribution in [0.1, 0.15) is 13.8 Å². The highest BCUT2D eigenvalue weighted by Gasteiger charge is 1.96. The van der Waals surface area contributed by atoms with E-state index in [1.54, 1.807) is 18.2 Å². The van der Waals surface area contributed by atoms with Crippen LogP contribution < -0.4 is 4.74 Å². The molecule has 0 saturated heterocycles. The van der Waals surface area contributed by atoms with Gasteiger partial charge in [-0.15, -0.1) is 0 Å². The van der Waals surface area contributed by atoms with E-state index in [9.17, 15) is 0 Å². The maximum atomic E-state index is 8.88. The number of aromatic hydroxyl groups is 1. The standard InChI is InChI=1S/C9H11O2/c1-7(2)11-9-5-3-8(10)4-6-9/h3,5-7,10H,1-2H3. The molecule has 1 rings (SSSR count). The molecule has 1 N–H and O–H groups in total. The Bertz CT molecular complexity index is 214. The van der Waals surface area contributed by atoms with Crippen molar-refractivity contribution in [1.82, 2.24) is 0 Å². The van der Waals surface area contributed by atoms with Crippen LogP contribution in [0.25, 0.3) is 0 Å². The smallest absolute Gasteiger partial charge is 0.123 e. The van der Waals surface area contributed by atoms with Crippen molar-refractivity contribution >= 4 is 0 Å². The van der Waals surface area contributed by atoms with Gasteiger partial charge in [-0.2, -0.15) is 0 Å². The molecule has 0 amide bonds. The zero-order chi connectivity index (χ0) is 8.27. The Morgan fingerprint density at radius 2 is 2.18 bits per heavy atom. The van der Waals surface area contributed by atoms with Gasteiger partial charge in [-0.1, -0.05) is 0 Å². The lowest BCUT2D eigenvalue weighted by Gasteiger charge is -2.08. The first kappa shape index (κ1) is 7.92. The second kappa shape index (κ2) is 3.28. The third-order valence-electron chi connectivity index (χ3n) is 1.14. The highest BCUT2D eigenvalue weighted by molar-refractivity contribution is 5.28. The number of phenolic OH excluding ortho intramolecular Hbond substituents is 1. The van der Waals surface area contributed by atoms with Gasteiger partial charge in [-0.25, -0.2) is 0 Å². The predicted octanol–water partition coefficient (Wildman–Crippen LogP) is 1.98. The van der Waals surface area contributed by atoms with Gasteiger partial charge in [0.1, 0.15) is 11.5 Å². The highest BCUT2D eigenvalue weighted by Crippen LogP contribution is 2.15. The first-order valence-corrected chi connectivity index (χ1v) is 3.56. The number of rotatable bonds is 2. The van der Waals surface area contributed by atoms with Gasteiger partial charge in [0.15, 0.2) is 0 Å². The van der Waals surface area contributed by atoms with Crippen molar-refractivity contribution in [3.05, 3.63) is 24.3 Å². The van der Waals surface area contributed by atoms with E-state index in [1.807, 2.05) is 13.8 Å². The van der Waals surface area contributed by atoms with Crippen LogP contribution in [0.3, 0.4) is 0 Å². The Morgan fingerprint density at radius 3 is 2.64 bits per heavy atom. The van der Waals surface area contributed by atoms with Crippen molar-refractivity contribution in [2.24, 2.45) is 0 Å². The summed E-state index contributed by atoms with van der Waals surface area (Å²) in [4.78, 5) is 0. The maximum Gasteiger partial charge on any atom is 0.123 e. The molecule has 0 fully saturated rings. The lowest BCUT2D eigenvalue weighted by atomic mass is 10.3. The molecule has 0 aliphatic rings. The molecule has 2 heteroatoms. The average Bonchev–Trinajstić information content (AvgIpc) is 1.93. The Balaban J connectivity index is 2.66. The lowest BCUT2D eigenvalue weighted by Crippen LogP contribution is -2.04. The van der Waals surface area contributed by atoms with Crippen LogP contribution in [0.15, 0.2) is 18.2 Å². The second-order valence-corrected chi connectivity index (χ2v) is 2.58. The van der Waals surface area contributed by atoms with E-state index in [4.69, 9.17) is 9.84 Å². The largest absolute Gasteiger partial charge is 0.507 e. The average molecular weight is 151 g/mol. The van der Waals surface area contributed by atoms with Crippen LogP contribution in [0, 0.1) is 6.07 Å². The molecule has 11 heavy (non-hydrogen) atoms. The Hall–Kier alpha value is -1.18. The van der Waals surface area contributed by atoms with Gasteiger partial charge < -0.3 is 9.84 Å². The SMILES string of the molecule is CC(C)Oc1c[c]c(O)cc1. The van der Waals surface area contributed by atoms with Crippen molar-refractivity contribution in [2.75, 3.05) is 0 Å². The summed E-state index contributed by atoms with van der Waals surface area (Å²) < 4.78 is 5.33. The molecular weight excluding hydrogens is 140 g/mol. The second-order valence-electron chi connectivity index (χ2n) is 2.58. The summed E-state index contributed by atoms with van der Waals surface area (Å²) in [6.45, 7) is 3.90. The molecule has 2 nitrogen and oxygen atoms in total. The summed E-state index contributed by atoms with van der Waals surface area (Å²) in [5, 5.41) is 8.88. The fourth-order valence-corrected chi connectivity index (χ4v) is 0.748. The predicted molar refractivity (Wildman–Crippen MR) is 42.7 cm³/mol. The summed E-state index contributed by atoms with van der Waals surface area (Å²) in [5.41, 5.74) is 0. The van der Waals surface area contributed by atoms with Crippen molar-refractivity contribution in [3.8, 4) is 11.5 Å². The summed E-state index contributed by atoms with van der Waals surface area (Å²) >= 11 is 0. The van der Waals surface area contributed by atoms with Crippen molar-refractivity contribution in [3.63, 3.8) is 0 Å². The fraction of sp³-hybridized carbons (Fsp3) is 0.333. The minimum absolute atomic E-state index is 0.140. The molecule has 0 heterocycles. The molecule has 1 aromatic rings. The van der Waals surface area contributed by atoms with E-state index < -0.39 is 0 Å². The van der Waals surface area contributed by atoms with Crippen LogP contribution in [0.5, 0.6) is 11.5 Å². The van der Waals surface area contributed by atoms with Crippen molar-refractivity contribution in [2.45, 2.75) is 20.0 Å². The number of phenols is 1. The highest BCUT2D eigenvalue weighted by atomic mass is 16.5. The molecule has 1 aromatic carbocycles. The normalized spacial score (nSPS) is 10.1. The molecule has 0 bridgehead atoms. The summed E-state index contributed by atoms with van der Waals surface area (Å²) in [7, 11) is 0. The van der Waals surface area contributed by atoms with Gasteiger partial charge in [0.25, 0.3) is 0 Å². The topological polar surface area (TPSA) is 29.5 Å². The van der Waals surface area contributed by atoms with Gasteiger partial charge in [-0.05, 0) is 32.0 Å². The van der Waals surface area contributed by atoms with E-state index in [1.165, 1.54) is 0 Å². The summed E-state index contributed by atoms with van der Waals surface area (Å²) in [5.74, 6) is 0.874. The van der Waals surface area contributed by atoms with E-state index in [0.717, 1.165) is 5.75 Å². The molecule has 0 aromatic heterocycles. The van der Waals surface area contributed by atoms with E-state index >= 15 is 0 Å². The molecule has 0 unspecified atom stereocenters. The Labute approximate surface area is 66.4 Å². The third kappa shape index (κ3) is 2.50. The van der Waals surface area contributed by atoms with E-state index in [2.05, 4.69) is 6.07 Å². The monoisotopic (exact) mass is 151 g/mol. The molecule has 0 spiro atoms. The van der Waals surface area contributed by atoms with Crippen molar-refractivity contribution in [1.29, 1.82) is 0 Å². The Kier molecular flexibility index (Phi) is 2.36. The molecular formula is C9H11O2. The van der Waals surface area contributed by atoms with Gasteiger partial charge in [0, 0.05) is 6.07 Å². The van der Waals surface area contributed by atoms with Crippen LogP contribution in [0.2, 0.25) is 0 Å². The summed E-state index contributed by atoms with van der Waals surface area (Å²) in [6, 6.07) is 7.52. The van der Waals surface area contributed by atoms with Crippen molar-refractivity contribution < 1.29 is 9.84 Å². The molecule has 0 aliphatic carbocycles. The van der Waals surface area contributed by atoms with Gasteiger partial charge >= 0.3 is 0 Å². The number of hydrogen-bond donors (Lipinski definition) is 1. The van der Waals surface area contributed by atoms with Crippen LogP contribution in [-0.2, 0) is 0 Å². The number of hydrogen-bond acceptors (Lipinski definition) is 2. The quantitative estimate of drug-likeness (QED) is 0.700.